The highest BCUT2D eigenvalue weighted by Crippen LogP contribution is 2.57. The fourth-order valence-electron chi connectivity index (χ4n) is 2.94. The lowest BCUT2D eigenvalue weighted by atomic mass is 9.75. The molecule has 4 heteroatoms. The van der Waals surface area contributed by atoms with Gasteiger partial charge in [-0.2, -0.15) is 0 Å². The lowest BCUT2D eigenvalue weighted by Crippen LogP contribution is -2.38. The van der Waals surface area contributed by atoms with E-state index in [0.29, 0.717) is 25.2 Å². The zero-order valence-corrected chi connectivity index (χ0v) is 7.19. The number of carboxylic acids is 2. The first kappa shape index (κ1) is 8.53. The molecule has 0 radical (unpaired) electrons. The van der Waals surface area contributed by atoms with Crippen LogP contribution in [-0.4, -0.2) is 22.2 Å². The minimum atomic E-state index is -0.940. The van der Waals surface area contributed by atoms with Crippen molar-refractivity contribution < 1.29 is 19.8 Å². The van der Waals surface area contributed by atoms with Gasteiger partial charge in [0, 0.05) is 0 Å². The molecular formula is C9H12O4. The van der Waals surface area contributed by atoms with E-state index in [4.69, 9.17) is 10.2 Å². The molecule has 0 aromatic carbocycles. The van der Waals surface area contributed by atoms with Crippen molar-refractivity contribution in [3.8, 4) is 0 Å². The molecule has 0 amide bonds. The number of hydrogen-bond donors (Lipinski definition) is 2. The first-order chi connectivity index (χ1) is 6.06. The van der Waals surface area contributed by atoms with Crippen molar-refractivity contribution in [2.24, 2.45) is 17.3 Å². The van der Waals surface area contributed by atoms with Gasteiger partial charge in [0.05, 0.1) is 11.3 Å². The van der Waals surface area contributed by atoms with Crippen LogP contribution < -0.4 is 0 Å². The van der Waals surface area contributed by atoms with Crippen LogP contribution in [0.2, 0.25) is 0 Å². The molecule has 0 aromatic heterocycles. The molecule has 0 aliphatic heterocycles. The van der Waals surface area contributed by atoms with Crippen molar-refractivity contribution in [3.63, 3.8) is 0 Å². The van der Waals surface area contributed by atoms with E-state index in [1.807, 2.05) is 0 Å². The van der Waals surface area contributed by atoms with Gasteiger partial charge in [-0.1, -0.05) is 0 Å². The normalized spacial score (nSPS) is 42.2. The van der Waals surface area contributed by atoms with E-state index in [2.05, 4.69) is 0 Å². The molecule has 0 unspecified atom stereocenters. The van der Waals surface area contributed by atoms with Crippen LogP contribution in [0.25, 0.3) is 0 Å². The molecule has 2 N–H and O–H groups in total. The summed E-state index contributed by atoms with van der Waals surface area (Å²) >= 11 is 0. The van der Waals surface area contributed by atoms with Crippen molar-refractivity contribution in [2.75, 3.05) is 0 Å². The van der Waals surface area contributed by atoms with Crippen LogP contribution >= 0.6 is 0 Å². The number of carbonyl (C=O) groups is 2. The third-order valence-corrected chi connectivity index (χ3v) is 3.61. The zero-order chi connectivity index (χ0) is 9.64. The van der Waals surface area contributed by atoms with Crippen molar-refractivity contribution in [2.45, 2.75) is 25.7 Å². The molecule has 2 aliphatic rings. The third-order valence-electron chi connectivity index (χ3n) is 3.61. The van der Waals surface area contributed by atoms with Crippen LogP contribution in [0, 0.1) is 17.3 Å². The molecule has 0 aromatic rings. The van der Waals surface area contributed by atoms with Crippen molar-refractivity contribution >= 4 is 11.9 Å². The van der Waals surface area contributed by atoms with Gasteiger partial charge < -0.3 is 10.2 Å². The van der Waals surface area contributed by atoms with Crippen molar-refractivity contribution in [1.82, 2.24) is 0 Å². The number of carboxylic acid groups (broad SMARTS) is 2. The van der Waals surface area contributed by atoms with Gasteiger partial charge >= 0.3 is 11.9 Å². The lowest BCUT2D eigenvalue weighted by molar-refractivity contribution is -0.160. The van der Waals surface area contributed by atoms with Crippen LogP contribution in [-0.2, 0) is 9.59 Å². The number of fused-ring (bicyclic) bond motifs is 2. The summed E-state index contributed by atoms with van der Waals surface area (Å²) in [5.74, 6) is -2.18. The van der Waals surface area contributed by atoms with Gasteiger partial charge in [0.1, 0.15) is 0 Å². The molecule has 3 atom stereocenters. The summed E-state index contributed by atoms with van der Waals surface area (Å²) in [4.78, 5) is 21.9. The maximum absolute atomic E-state index is 11.0. The van der Waals surface area contributed by atoms with Crippen LogP contribution in [0.5, 0.6) is 0 Å². The highest BCUT2D eigenvalue weighted by atomic mass is 16.4. The Morgan fingerprint density at radius 3 is 2.38 bits per heavy atom. The zero-order valence-electron chi connectivity index (χ0n) is 7.19. The molecule has 0 saturated heterocycles. The molecule has 13 heavy (non-hydrogen) atoms. The molecule has 2 rings (SSSR count). The van der Waals surface area contributed by atoms with E-state index >= 15 is 0 Å². The summed E-state index contributed by atoms with van der Waals surface area (Å²) in [6, 6.07) is 0. The van der Waals surface area contributed by atoms with Crippen LogP contribution in [0.15, 0.2) is 0 Å². The molecule has 72 valence electrons. The van der Waals surface area contributed by atoms with Crippen molar-refractivity contribution in [1.29, 1.82) is 0 Å². The summed E-state index contributed by atoms with van der Waals surface area (Å²) in [7, 11) is 0. The van der Waals surface area contributed by atoms with Gasteiger partial charge in [0.2, 0.25) is 0 Å². The first-order valence-corrected chi connectivity index (χ1v) is 4.52. The number of aliphatic carboxylic acids is 2. The number of rotatable bonds is 2. The monoisotopic (exact) mass is 184 g/mol. The SMILES string of the molecule is O=C(O)[C@H]1C[C@H]2CC[C@@]1(C(=O)O)C2. The Bertz CT molecular complexity index is 273. The molecule has 0 heterocycles. The van der Waals surface area contributed by atoms with Crippen molar-refractivity contribution in [3.05, 3.63) is 0 Å². The van der Waals surface area contributed by atoms with Gasteiger partial charge in [-0.05, 0) is 31.6 Å². The summed E-state index contributed by atoms with van der Waals surface area (Å²) in [6.45, 7) is 0. The largest absolute Gasteiger partial charge is 0.481 e. The molecule has 4 nitrogen and oxygen atoms in total. The summed E-state index contributed by atoms with van der Waals surface area (Å²) < 4.78 is 0. The van der Waals surface area contributed by atoms with E-state index in [0.717, 1.165) is 6.42 Å². The van der Waals surface area contributed by atoms with E-state index in [1.165, 1.54) is 0 Å². The van der Waals surface area contributed by atoms with Crippen LogP contribution in [0.3, 0.4) is 0 Å². The minimum absolute atomic E-state index is 0.331. The Morgan fingerprint density at radius 2 is 2.00 bits per heavy atom. The van der Waals surface area contributed by atoms with Crippen LogP contribution in [0.4, 0.5) is 0 Å². The van der Waals surface area contributed by atoms with E-state index in [9.17, 15) is 9.59 Å². The Labute approximate surface area is 75.6 Å². The predicted molar refractivity (Wildman–Crippen MR) is 43.2 cm³/mol. The fourth-order valence-corrected chi connectivity index (χ4v) is 2.94. The quantitative estimate of drug-likeness (QED) is 0.670. The molecular weight excluding hydrogens is 172 g/mol. The molecule has 2 saturated carbocycles. The third kappa shape index (κ3) is 0.975. The lowest BCUT2D eigenvalue weighted by Gasteiger charge is -2.27. The highest BCUT2D eigenvalue weighted by molar-refractivity contribution is 5.84. The summed E-state index contributed by atoms with van der Waals surface area (Å²) in [5, 5.41) is 17.9. The Balaban J connectivity index is 2.32. The smallest absolute Gasteiger partial charge is 0.310 e. The average molecular weight is 184 g/mol. The molecule has 2 fully saturated rings. The fraction of sp³-hybridized carbons (Fsp3) is 0.778. The van der Waals surface area contributed by atoms with E-state index < -0.39 is 23.3 Å². The topological polar surface area (TPSA) is 74.6 Å². The summed E-state index contributed by atoms with van der Waals surface area (Å²) in [6.07, 6.45) is 2.56. The molecule has 0 spiro atoms. The Kier molecular flexibility index (Phi) is 1.62. The summed E-state index contributed by atoms with van der Waals surface area (Å²) in [5.41, 5.74) is -0.934. The second-order valence-electron chi connectivity index (χ2n) is 4.20. The Morgan fingerprint density at radius 1 is 1.31 bits per heavy atom. The van der Waals surface area contributed by atoms with Crippen LogP contribution in [0.1, 0.15) is 25.7 Å². The van der Waals surface area contributed by atoms with Gasteiger partial charge in [-0.3, -0.25) is 9.59 Å². The van der Waals surface area contributed by atoms with Gasteiger partial charge in [-0.15, -0.1) is 0 Å². The second kappa shape index (κ2) is 2.47. The van der Waals surface area contributed by atoms with Gasteiger partial charge in [0.25, 0.3) is 0 Å². The number of hydrogen-bond acceptors (Lipinski definition) is 2. The molecule has 2 bridgehead atoms. The average Bonchev–Trinajstić information content (AvgIpc) is 2.60. The standard InChI is InChI=1S/C9H12O4/c10-7(11)6-3-5-1-2-9(6,4-5)8(12)13/h5-6H,1-4H2,(H,10,11)(H,12,13)/t5-,6-,9-/m1/s1. The van der Waals surface area contributed by atoms with E-state index in [-0.39, 0.29) is 0 Å². The van der Waals surface area contributed by atoms with Gasteiger partial charge in [-0.25, -0.2) is 0 Å². The minimum Gasteiger partial charge on any atom is -0.481 e. The maximum Gasteiger partial charge on any atom is 0.310 e. The highest BCUT2D eigenvalue weighted by Gasteiger charge is 2.59. The molecule has 2 aliphatic carbocycles. The van der Waals surface area contributed by atoms with Gasteiger partial charge in [0.15, 0.2) is 0 Å². The predicted octanol–water partition coefficient (Wildman–Crippen LogP) is 0.962. The van der Waals surface area contributed by atoms with E-state index in [1.54, 1.807) is 0 Å². The maximum atomic E-state index is 11.0. The Hall–Kier alpha value is -1.06. The second-order valence-corrected chi connectivity index (χ2v) is 4.20. The first-order valence-electron chi connectivity index (χ1n) is 4.52.